The van der Waals surface area contributed by atoms with E-state index in [1.807, 2.05) is 7.11 Å². The van der Waals surface area contributed by atoms with Crippen molar-refractivity contribution in [3.63, 3.8) is 0 Å². The summed E-state index contributed by atoms with van der Waals surface area (Å²) in [6.45, 7) is 12.3. The molecule has 3 unspecified atom stereocenters. The largest absolute Gasteiger partial charge is 0.380 e. The van der Waals surface area contributed by atoms with Gasteiger partial charge in [0.1, 0.15) is 0 Å². The smallest absolute Gasteiger partial charge is 0.0724 e. The molecule has 2 fully saturated rings. The molecule has 0 aromatic rings. The molecule has 2 aliphatic rings. The van der Waals surface area contributed by atoms with Crippen LogP contribution in [0.3, 0.4) is 0 Å². The molecule has 0 radical (unpaired) electrons. The van der Waals surface area contributed by atoms with Gasteiger partial charge in [-0.1, -0.05) is 6.92 Å². The third-order valence-corrected chi connectivity index (χ3v) is 5.93. The minimum atomic E-state index is 0.195. The molecular formula is C17H35N3O. The predicted molar refractivity (Wildman–Crippen MR) is 88.5 cm³/mol. The Bertz CT molecular complexity index is 323. The van der Waals surface area contributed by atoms with E-state index in [4.69, 9.17) is 10.5 Å². The van der Waals surface area contributed by atoms with Gasteiger partial charge in [0.15, 0.2) is 0 Å². The van der Waals surface area contributed by atoms with Crippen LogP contribution in [-0.4, -0.2) is 67.3 Å². The lowest BCUT2D eigenvalue weighted by Crippen LogP contribution is -2.59. The quantitative estimate of drug-likeness (QED) is 0.861. The van der Waals surface area contributed by atoms with Gasteiger partial charge in [-0.3, -0.25) is 4.90 Å². The normalized spacial score (nSPS) is 36.9. The van der Waals surface area contributed by atoms with Crippen LogP contribution in [0.5, 0.6) is 0 Å². The van der Waals surface area contributed by atoms with Gasteiger partial charge < -0.3 is 15.4 Å². The van der Waals surface area contributed by atoms with E-state index in [-0.39, 0.29) is 5.54 Å². The second kappa shape index (κ2) is 7.40. The number of rotatable bonds is 4. The van der Waals surface area contributed by atoms with Gasteiger partial charge in [0, 0.05) is 38.3 Å². The van der Waals surface area contributed by atoms with Gasteiger partial charge in [-0.05, 0) is 58.5 Å². The van der Waals surface area contributed by atoms with E-state index in [1.165, 1.54) is 45.3 Å². The Labute approximate surface area is 131 Å². The molecule has 2 aliphatic heterocycles. The number of nitrogens with zero attached hydrogens (tertiary/aromatic N) is 2. The van der Waals surface area contributed by atoms with E-state index in [1.54, 1.807) is 0 Å². The zero-order chi connectivity index (χ0) is 15.5. The monoisotopic (exact) mass is 297 g/mol. The summed E-state index contributed by atoms with van der Waals surface area (Å²) < 4.78 is 5.71. The lowest BCUT2D eigenvalue weighted by atomic mass is 9.84. The van der Waals surface area contributed by atoms with Crippen molar-refractivity contribution in [1.82, 2.24) is 9.80 Å². The lowest BCUT2D eigenvalue weighted by Gasteiger charge is -2.48. The first-order chi connectivity index (χ1) is 10.0. The van der Waals surface area contributed by atoms with Gasteiger partial charge in [0.2, 0.25) is 0 Å². The van der Waals surface area contributed by atoms with Gasteiger partial charge in [-0.25, -0.2) is 0 Å². The maximum Gasteiger partial charge on any atom is 0.0724 e. The first-order valence-corrected chi connectivity index (χ1v) is 8.74. The van der Waals surface area contributed by atoms with Gasteiger partial charge >= 0.3 is 0 Å². The first kappa shape index (κ1) is 17.2. The summed E-state index contributed by atoms with van der Waals surface area (Å²) >= 11 is 0. The molecule has 3 atom stereocenters. The molecule has 0 spiro atoms. The maximum atomic E-state index is 6.28. The third kappa shape index (κ3) is 3.79. The molecule has 4 heteroatoms. The first-order valence-electron chi connectivity index (χ1n) is 8.74. The van der Waals surface area contributed by atoms with Crippen LogP contribution in [0.2, 0.25) is 0 Å². The van der Waals surface area contributed by atoms with E-state index in [2.05, 4.69) is 30.6 Å². The number of piperidine rings is 1. The Balaban J connectivity index is 2.06. The van der Waals surface area contributed by atoms with E-state index in [9.17, 15) is 0 Å². The summed E-state index contributed by atoms with van der Waals surface area (Å²) in [5.74, 6) is 0.666. The van der Waals surface area contributed by atoms with Crippen LogP contribution in [0.1, 0.15) is 46.5 Å². The second-order valence-corrected chi connectivity index (χ2v) is 7.40. The highest BCUT2D eigenvalue weighted by molar-refractivity contribution is 4.98. The lowest BCUT2D eigenvalue weighted by molar-refractivity contribution is -0.0488. The van der Waals surface area contributed by atoms with Crippen molar-refractivity contribution in [3.8, 4) is 0 Å². The fraction of sp³-hybridized carbons (Fsp3) is 1.00. The van der Waals surface area contributed by atoms with Crippen molar-refractivity contribution in [2.24, 2.45) is 11.7 Å². The van der Waals surface area contributed by atoms with Crippen LogP contribution in [0.4, 0.5) is 0 Å². The molecular weight excluding hydrogens is 262 g/mol. The molecule has 0 aromatic carbocycles. The highest BCUT2D eigenvalue weighted by Gasteiger charge is 2.41. The molecule has 2 rings (SSSR count). The number of methoxy groups -OCH3 is 1. The van der Waals surface area contributed by atoms with E-state index in [0.29, 0.717) is 18.1 Å². The molecule has 4 nitrogen and oxygen atoms in total. The van der Waals surface area contributed by atoms with Gasteiger partial charge in [0.25, 0.3) is 0 Å². The molecule has 0 bridgehead atoms. The van der Waals surface area contributed by atoms with Crippen LogP contribution in [-0.2, 0) is 4.74 Å². The number of ether oxygens (including phenoxy) is 1. The van der Waals surface area contributed by atoms with E-state index in [0.717, 1.165) is 13.1 Å². The topological polar surface area (TPSA) is 41.7 Å². The predicted octanol–water partition coefficient (Wildman–Crippen LogP) is 1.94. The van der Waals surface area contributed by atoms with Crippen LogP contribution < -0.4 is 5.73 Å². The molecule has 2 saturated heterocycles. The summed E-state index contributed by atoms with van der Waals surface area (Å²) in [5.41, 5.74) is 6.48. The van der Waals surface area contributed by atoms with Crippen molar-refractivity contribution < 1.29 is 4.74 Å². The Morgan fingerprint density at radius 3 is 2.62 bits per heavy atom. The zero-order valence-corrected chi connectivity index (χ0v) is 14.5. The van der Waals surface area contributed by atoms with Gasteiger partial charge in [0.05, 0.1) is 6.10 Å². The average molecular weight is 297 g/mol. The van der Waals surface area contributed by atoms with Crippen molar-refractivity contribution in [3.05, 3.63) is 0 Å². The number of hydrogen-bond donors (Lipinski definition) is 1. The van der Waals surface area contributed by atoms with Crippen LogP contribution in [0, 0.1) is 5.92 Å². The minimum absolute atomic E-state index is 0.195. The molecule has 2 heterocycles. The molecule has 0 aliphatic carbocycles. The summed E-state index contributed by atoms with van der Waals surface area (Å²) in [4.78, 5) is 5.27. The number of nitrogens with two attached hydrogens (primary N) is 1. The van der Waals surface area contributed by atoms with Gasteiger partial charge in [-0.2, -0.15) is 0 Å². The fourth-order valence-corrected chi connectivity index (χ4v) is 4.14. The Kier molecular flexibility index (Phi) is 6.06. The molecule has 21 heavy (non-hydrogen) atoms. The zero-order valence-electron chi connectivity index (χ0n) is 14.5. The van der Waals surface area contributed by atoms with Crippen molar-refractivity contribution >= 4 is 0 Å². The Hall–Kier alpha value is -0.160. The minimum Gasteiger partial charge on any atom is -0.380 e. The van der Waals surface area contributed by atoms with E-state index < -0.39 is 0 Å². The summed E-state index contributed by atoms with van der Waals surface area (Å²) in [6, 6.07) is 0.645. The summed E-state index contributed by atoms with van der Waals surface area (Å²) in [5, 5.41) is 0. The Morgan fingerprint density at radius 2 is 2.00 bits per heavy atom. The second-order valence-electron chi connectivity index (χ2n) is 7.40. The molecule has 2 N–H and O–H groups in total. The van der Waals surface area contributed by atoms with Crippen LogP contribution in [0.15, 0.2) is 0 Å². The average Bonchev–Trinajstić information content (AvgIpc) is 2.71. The number of likely N-dealkylation sites (tertiary alicyclic amines) is 2. The van der Waals surface area contributed by atoms with Crippen molar-refractivity contribution in [1.29, 1.82) is 0 Å². The van der Waals surface area contributed by atoms with Crippen molar-refractivity contribution in [2.75, 3.05) is 39.8 Å². The standard InChI is InChI=1S/C17H35N3O/c1-14(2)19-9-5-7-17(13-18,8-11-19)20-10-6-15(3)16(12-20)21-4/h14-16H,5-13,18H2,1-4H3. The maximum absolute atomic E-state index is 6.28. The highest BCUT2D eigenvalue weighted by atomic mass is 16.5. The van der Waals surface area contributed by atoms with Crippen LogP contribution in [0.25, 0.3) is 0 Å². The molecule has 0 saturated carbocycles. The number of hydrogen-bond acceptors (Lipinski definition) is 4. The summed E-state index contributed by atoms with van der Waals surface area (Å²) in [7, 11) is 1.85. The van der Waals surface area contributed by atoms with E-state index >= 15 is 0 Å². The molecule has 124 valence electrons. The van der Waals surface area contributed by atoms with Gasteiger partial charge in [-0.15, -0.1) is 0 Å². The highest BCUT2D eigenvalue weighted by Crippen LogP contribution is 2.33. The molecule has 0 aromatic heterocycles. The Morgan fingerprint density at radius 1 is 1.24 bits per heavy atom. The third-order valence-electron chi connectivity index (χ3n) is 5.93. The SMILES string of the molecule is COC1CN(C2(CN)CCCN(C(C)C)CC2)CCC1C. The van der Waals surface area contributed by atoms with Crippen molar-refractivity contribution in [2.45, 2.75) is 64.1 Å². The molecule has 0 amide bonds. The summed E-state index contributed by atoms with van der Waals surface area (Å²) in [6.07, 6.45) is 5.30. The fourth-order valence-electron chi connectivity index (χ4n) is 4.14. The van der Waals surface area contributed by atoms with Crippen LogP contribution >= 0.6 is 0 Å².